The molecule has 6 nitrogen and oxygen atoms in total. The van der Waals surface area contributed by atoms with Crippen molar-refractivity contribution in [1.82, 2.24) is 5.32 Å². The first-order valence-corrected chi connectivity index (χ1v) is 8.60. The monoisotopic (exact) mass is 327 g/mol. The van der Waals surface area contributed by atoms with Crippen molar-refractivity contribution >= 4 is 15.9 Å². The molecule has 1 aliphatic rings. The molecule has 1 saturated heterocycles. The highest BCUT2D eigenvalue weighted by atomic mass is 32.2. The molecule has 0 unspecified atom stereocenters. The van der Waals surface area contributed by atoms with Gasteiger partial charge in [0.1, 0.15) is 11.7 Å². The number of alkyl carbamates (subject to hydrolysis) is 1. The van der Waals surface area contributed by atoms with E-state index in [0.717, 1.165) is 0 Å². The number of ether oxygens (including phenoxy) is 2. The Morgan fingerprint density at radius 2 is 1.86 bits per heavy atom. The molecule has 0 radical (unpaired) electrons. The van der Waals surface area contributed by atoms with Crippen LogP contribution in [0.4, 0.5) is 4.79 Å². The highest BCUT2D eigenvalue weighted by molar-refractivity contribution is 7.92. The number of benzene rings is 1. The molecule has 1 aliphatic heterocycles. The lowest BCUT2D eigenvalue weighted by molar-refractivity contribution is 0.0500. The van der Waals surface area contributed by atoms with Crippen LogP contribution < -0.4 is 5.32 Å². The summed E-state index contributed by atoms with van der Waals surface area (Å²) in [4.78, 5) is 11.9. The Morgan fingerprint density at radius 1 is 1.27 bits per heavy atom. The molecular weight excluding hydrogens is 306 g/mol. The Morgan fingerprint density at radius 3 is 2.41 bits per heavy atom. The van der Waals surface area contributed by atoms with Crippen molar-refractivity contribution in [2.75, 3.05) is 0 Å². The number of hydrogen-bond donors (Lipinski definition) is 1. The largest absolute Gasteiger partial charge is 0.444 e. The molecule has 1 heterocycles. The van der Waals surface area contributed by atoms with Gasteiger partial charge in [-0.15, -0.1) is 0 Å². The van der Waals surface area contributed by atoms with Gasteiger partial charge in [-0.1, -0.05) is 18.2 Å². The molecule has 1 N–H and O–H groups in total. The maximum absolute atomic E-state index is 12.4. The molecule has 0 bridgehead atoms. The van der Waals surface area contributed by atoms with Crippen LogP contribution >= 0.6 is 0 Å². The molecular formula is C15H21NO5S. The van der Waals surface area contributed by atoms with Crippen molar-refractivity contribution < 1.29 is 22.7 Å². The number of amides is 1. The van der Waals surface area contributed by atoms with Crippen molar-refractivity contribution in [3.05, 3.63) is 30.3 Å². The van der Waals surface area contributed by atoms with Crippen LogP contribution in [-0.4, -0.2) is 37.7 Å². The normalized spacial score (nSPS) is 22.7. The quantitative estimate of drug-likeness (QED) is 0.856. The summed E-state index contributed by atoms with van der Waals surface area (Å²) in [6.07, 6.45) is -1.16. The van der Waals surface area contributed by atoms with Crippen LogP contribution in [0.15, 0.2) is 35.2 Å². The maximum Gasteiger partial charge on any atom is 0.407 e. The molecule has 7 heteroatoms. The number of rotatable bonds is 4. The number of nitrogens with one attached hydrogen (secondary N) is 1. The molecule has 22 heavy (non-hydrogen) atoms. The highest BCUT2D eigenvalue weighted by Crippen LogP contribution is 2.34. The van der Waals surface area contributed by atoms with E-state index in [1.54, 1.807) is 45.9 Å². The van der Waals surface area contributed by atoms with Crippen LogP contribution in [0.3, 0.4) is 0 Å². The molecule has 0 saturated carbocycles. The minimum Gasteiger partial charge on any atom is -0.444 e. The zero-order valence-corrected chi connectivity index (χ0v) is 13.9. The van der Waals surface area contributed by atoms with Crippen molar-refractivity contribution in [1.29, 1.82) is 0 Å². The summed E-state index contributed by atoms with van der Waals surface area (Å²) in [5.41, 5.74) is -1.54. The highest BCUT2D eigenvalue weighted by Gasteiger charge is 2.53. The molecule has 1 aromatic carbocycles. The standard InChI is InChI=1S/C15H21NO5S/c1-10(16-14(17)21-15(2,3)4)12-13(20-12)22(18,19)11-8-6-5-7-9-11/h5-10,12-13H,1-4H3,(H,16,17)/t10-,12+,13+/m0/s1. The number of epoxide rings is 1. The van der Waals surface area contributed by atoms with E-state index < -0.39 is 39.1 Å². The smallest absolute Gasteiger partial charge is 0.407 e. The second-order valence-corrected chi connectivity index (χ2v) is 8.29. The average molecular weight is 327 g/mol. The van der Waals surface area contributed by atoms with E-state index in [4.69, 9.17) is 9.47 Å². The third-order valence-corrected chi connectivity index (χ3v) is 5.02. The lowest BCUT2D eigenvalue weighted by atomic mass is 10.2. The number of sulfone groups is 1. The Hall–Kier alpha value is -1.60. The average Bonchev–Trinajstić information content (AvgIpc) is 3.18. The minimum absolute atomic E-state index is 0.215. The van der Waals surface area contributed by atoms with Crippen LogP contribution in [0.2, 0.25) is 0 Å². The first-order chi connectivity index (χ1) is 10.1. The van der Waals surface area contributed by atoms with Gasteiger partial charge < -0.3 is 14.8 Å². The van der Waals surface area contributed by atoms with Crippen LogP contribution in [0.1, 0.15) is 27.7 Å². The zero-order valence-electron chi connectivity index (χ0n) is 13.1. The predicted molar refractivity (Wildman–Crippen MR) is 81.1 cm³/mol. The first-order valence-electron chi connectivity index (χ1n) is 7.05. The van der Waals surface area contributed by atoms with Gasteiger partial charge in [-0.2, -0.15) is 0 Å². The van der Waals surface area contributed by atoms with Crippen molar-refractivity contribution in [2.24, 2.45) is 0 Å². The van der Waals surface area contributed by atoms with Gasteiger partial charge in [-0.3, -0.25) is 0 Å². The van der Waals surface area contributed by atoms with Crippen LogP contribution in [0, 0.1) is 0 Å². The summed E-state index contributed by atoms with van der Waals surface area (Å²) in [6.45, 7) is 6.96. The lowest BCUT2D eigenvalue weighted by Crippen LogP contribution is -2.41. The van der Waals surface area contributed by atoms with Gasteiger partial charge in [-0.05, 0) is 39.8 Å². The fourth-order valence-electron chi connectivity index (χ4n) is 2.03. The summed E-state index contributed by atoms with van der Waals surface area (Å²) < 4.78 is 35.1. The zero-order chi connectivity index (χ0) is 16.5. The Bertz CT molecular complexity index is 636. The minimum atomic E-state index is -3.55. The summed E-state index contributed by atoms with van der Waals surface area (Å²) >= 11 is 0. The van der Waals surface area contributed by atoms with Gasteiger partial charge in [0.2, 0.25) is 9.84 Å². The molecule has 0 aliphatic carbocycles. The first kappa shape index (κ1) is 16.8. The van der Waals surface area contributed by atoms with Crippen molar-refractivity contribution in [3.63, 3.8) is 0 Å². The van der Waals surface area contributed by atoms with E-state index in [1.807, 2.05) is 0 Å². The lowest BCUT2D eigenvalue weighted by Gasteiger charge is -2.21. The number of carbonyl (C=O) groups excluding carboxylic acids is 1. The molecule has 1 aromatic rings. The van der Waals surface area contributed by atoms with Gasteiger partial charge in [0, 0.05) is 0 Å². The van der Waals surface area contributed by atoms with E-state index in [-0.39, 0.29) is 4.90 Å². The van der Waals surface area contributed by atoms with Gasteiger partial charge in [0.15, 0.2) is 5.44 Å². The SMILES string of the molecule is C[C@H](NC(=O)OC(C)(C)C)[C@H]1O[C@@H]1S(=O)(=O)c1ccccc1. The van der Waals surface area contributed by atoms with E-state index >= 15 is 0 Å². The van der Waals surface area contributed by atoms with Crippen LogP contribution in [-0.2, 0) is 19.3 Å². The Kier molecular flexibility index (Phi) is 4.49. The van der Waals surface area contributed by atoms with E-state index in [9.17, 15) is 13.2 Å². The third kappa shape index (κ3) is 3.98. The van der Waals surface area contributed by atoms with Crippen LogP contribution in [0.5, 0.6) is 0 Å². The van der Waals surface area contributed by atoms with Gasteiger partial charge in [0.05, 0.1) is 10.9 Å². The van der Waals surface area contributed by atoms with E-state index in [2.05, 4.69) is 5.32 Å². The summed E-state index contributed by atoms with van der Waals surface area (Å²) in [5, 5.41) is 2.60. The predicted octanol–water partition coefficient (Wildman–Crippen LogP) is 2.10. The fraction of sp³-hybridized carbons (Fsp3) is 0.533. The number of carbonyl (C=O) groups is 1. The fourth-order valence-corrected chi connectivity index (χ4v) is 3.70. The topological polar surface area (TPSA) is 85.0 Å². The molecule has 0 spiro atoms. The molecule has 1 amide bonds. The van der Waals surface area contributed by atoms with Crippen LogP contribution in [0.25, 0.3) is 0 Å². The molecule has 3 atom stereocenters. The van der Waals surface area contributed by atoms with E-state index in [1.165, 1.54) is 12.1 Å². The van der Waals surface area contributed by atoms with Gasteiger partial charge in [-0.25, -0.2) is 13.2 Å². The van der Waals surface area contributed by atoms with Gasteiger partial charge >= 0.3 is 6.09 Å². The molecule has 1 fully saturated rings. The molecule has 2 rings (SSSR count). The summed E-state index contributed by atoms with van der Waals surface area (Å²) in [7, 11) is -3.55. The summed E-state index contributed by atoms with van der Waals surface area (Å²) in [6, 6.07) is 7.66. The maximum atomic E-state index is 12.4. The third-order valence-electron chi connectivity index (χ3n) is 3.10. The summed E-state index contributed by atoms with van der Waals surface area (Å²) in [5.74, 6) is 0. The second kappa shape index (κ2) is 5.89. The van der Waals surface area contributed by atoms with Crippen molar-refractivity contribution in [3.8, 4) is 0 Å². The Labute approximate surface area is 130 Å². The van der Waals surface area contributed by atoms with Crippen molar-refractivity contribution in [2.45, 2.75) is 55.8 Å². The Balaban J connectivity index is 1.96. The van der Waals surface area contributed by atoms with Gasteiger partial charge in [0.25, 0.3) is 0 Å². The second-order valence-electron chi connectivity index (χ2n) is 6.26. The number of hydrogen-bond acceptors (Lipinski definition) is 5. The molecule has 0 aromatic heterocycles. The van der Waals surface area contributed by atoms with E-state index in [0.29, 0.717) is 0 Å². The molecule has 122 valence electrons.